The summed E-state index contributed by atoms with van der Waals surface area (Å²) in [5.41, 5.74) is 0.995. The lowest BCUT2D eigenvalue weighted by molar-refractivity contribution is -0.144. The second-order valence-corrected chi connectivity index (χ2v) is 14.1. The normalized spacial score (nSPS) is 13.1. The Hall–Kier alpha value is -2.66. The number of ether oxygens (including phenoxy) is 1. The maximum Gasteiger partial charge on any atom is 0.303 e. The second kappa shape index (κ2) is 11.7. The van der Waals surface area contributed by atoms with Crippen LogP contribution in [0.1, 0.15) is 39.7 Å². The number of hydrogen-bond acceptors (Lipinski definition) is 3. The van der Waals surface area contributed by atoms with E-state index in [2.05, 4.69) is 69.3 Å². The summed E-state index contributed by atoms with van der Waals surface area (Å²) in [6, 6.07) is 28.6. The van der Waals surface area contributed by atoms with E-state index in [9.17, 15) is 4.79 Å². The van der Waals surface area contributed by atoms with Crippen molar-refractivity contribution in [2.24, 2.45) is 0 Å². The monoisotopic (exact) mass is 492 g/mol. The van der Waals surface area contributed by atoms with E-state index in [-0.39, 0.29) is 17.1 Å². The summed E-state index contributed by atoms with van der Waals surface area (Å²) in [5, 5.41) is 3.04. The Labute approximate surface area is 209 Å². The van der Waals surface area contributed by atoms with E-state index in [4.69, 9.17) is 20.8 Å². The van der Waals surface area contributed by atoms with Gasteiger partial charge >= 0.3 is 5.97 Å². The van der Waals surface area contributed by atoms with Gasteiger partial charge < -0.3 is 9.16 Å². The Bertz CT molecular complexity index is 1030. The lowest BCUT2D eigenvalue weighted by atomic mass is 10.1. The summed E-state index contributed by atoms with van der Waals surface area (Å²) < 4.78 is 12.5. The maximum atomic E-state index is 11.8. The van der Waals surface area contributed by atoms with Crippen LogP contribution < -0.4 is 10.4 Å². The van der Waals surface area contributed by atoms with E-state index in [0.29, 0.717) is 18.1 Å². The zero-order valence-corrected chi connectivity index (χ0v) is 22.1. The van der Waals surface area contributed by atoms with Crippen LogP contribution in [0.3, 0.4) is 0 Å². The van der Waals surface area contributed by atoms with Crippen LogP contribution in [-0.2, 0) is 14.0 Å². The van der Waals surface area contributed by atoms with Gasteiger partial charge in [-0.25, -0.2) is 0 Å². The molecule has 0 radical (unpaired) electrons. The first kappa shape index (κ1) is 26.0. The van der Waals surface area contributed by atoms with Crippen LogP contribution in [0.25, 0.3) is 6.08 Å². The maximum absolute atomic E-state index is 11.8. The molecule has 0 saturated heterocycles. The minimum Gasteiger partial charge on any atom is -0.458 e. The third-order valence-corrected chi connectivity index (χ3v) is 11.1. The molecule has 1 atom stereocenters. The largest absolute Gasteiger partial charge is 0.458 e. The average Bonchev–Trinajstić information content (AvgIpc) is 2.81. The molecule has 3 aromatic carbocycles. The van der Waals surface area contributed by atoms with Crippen LogP contribution in [-0.4, -0.2) is 27.0 Å². The van der Waals surface area contributed by atoms with Gasteiger partial charge in [0.2, 0.25) is 0 Å². The summed E-state index contributed by atoms with van der Waals surface area (Å²) in [6.45, 7) is 8.66. The summed E-state index contributed by atoms with van der Waals surface area (Å²) in [4.78, 5) is 11.8. The van der Waals surface area contributed by atoms with Gasteiger partial charge in [-0.05, 0) is 39.2 Å². The molecule has 0 aliphatic rings. The second-order valence-electron chi connectivity index (χ2n) is 9.36. The average molecular weight is 493 g/mol. The van der Waals surface area contributed by atoms with E-state index >= 15 is 0 Å². The number of hydrogen-bond donors (Lipinski definition) is 0. The SMILES string of the molecule is CC(=O)OC(/C=C/c1ccc(Cl)cc1)CCO[Si](c1ccccc1)(c1ccccc1)C(C)(C)C. The van der Waals surface area contributed by atoms with Crippen molar-refractivity contribution in [1.29, 1.82) is 0 Å². The molecule has 0 amide bonds. The highest BCUT2D eigenvalue weighted by molar-refractivity contribution is 6.99. The number of carbonyl (C=O) groups is 1. The number of benzene rings is 3. The molecule has 0 saturated carbocycles. The molecule has 0 aliphatic heterocycles. The fourth-order valence-electron chi connectivity index (χ4n) is 4.29. The molecule has 0 heterocycles. The molecule has 0 fully saturated rings. The van der Waals surface area contributed by atoms with Crippen LogP contribution >= 0.6 is 11.6 Å². The first-order chi connectivity index (χ1) is 16.2. The van der Waals surface area contributed by atoms with Crippen molar-refractivity contribution < 1.29 is 14.0 Å². The molecule has 0 spiro atoms. The highest BCUT2D eigenvalue weighted by Gasteiger charge is 2.50. The van der Waals surface area contributed by atoms with Crippen molar-refractivity contribution in [3.63, 3.8) is 0 Å². The highest BCUT2D eigenvalue weighted by Crippen LogP contribution is 2.36. The Morgan fingerprint density at radius 2 is 1.44 bits per heavy atom. The van der Waals surface area contributed by atoms with Crippen molar-refractivity contribution in [2.45, 2.75) is 45.3 Å². The standard InChI is InChI=1S/C29H33ClO3Si/c1-23(31)33-26(20-17-24-15-18-25(30)19-16-24)21-22-32-34(29(2,3)4,27-11-7-5-8-12-27)28-13-9-6-10-14-28/h5-20,26H,21-22H2,1-4H3/b20-17+. The Morgan fingerprint density at radius 1 is 0.912 bits per heavy atom. The van der Waals surface area contributed by atoms with Crippen LogP contribution in [0.5, 0.6) is 0 Å². The molecule has 34 heavy (non-hydrogen) atoms. The van der Waals surface area contributed by atoms with E-state index in [1.54, 1.807) is 0 Å². The molecule has 5 heteroatoms. The van der Waals surface area contributed by atoms with Gasteiger partial charge in [0.25, 0.3) is 8.32 Å². The first-order valence-corrected chi connectivity index (χ1v) is 13.9. The van der Waals surface area contributed by atoms with Crippen molar-refractivity contribution in [2.75, 3.05) is 6.61 Å². The quantitative estimate of drug-likeness (QED) is 0.261. The molecule has 0 aromatic heterocycles. The topological polar surface area (TPSA) is 35.5 Å². The van der Waals surface area contributed by atoms with Gasteiger partial charge in [-0.2, -0.15) is 0 Å². The Kier molecular flexibility index (Phi) is 8.89. The lowest BCUT2D eigenvalue weighted by Gasteiger charge is -2.43. The smallest absolute Gasteiger partial charge is 0.303 e. The van der Waals surface area contributed by atoms with Crippen LogP contribution in [0.4, 0.5) is 0 Å². The van der Waals surface area contributed by atoms with Crippen LogP contribution in [0.15, 0.2) is 91.0 Å². The summed E-state index contributed by atoms with van der Waals surface area (Å²) >= 11 is 5.99. The summed E-state index contributed by atoms with van der Waals surface area (Å²) in [5.74, 6) is -0.309. The van der Waals surface area contributed by atoms with Crippen molar-refractivity contribution in [3.8, 4) is 0 Å². The number of rotatable bonds is 9. The number of esters is 1. The zero-order valence-electron chi connectivity index (χ0n) is 20.3. The van der Waals surface area contributed by atoms with Gasteiger partial charge in [-0.3, -0.25) is 4.79 Å². The van der Waals surface area contributed by atoms with E-state index < -0.39 is 8.32 Å². The van der Waals surface area contributed by atoms with Crippen molar-refractivity contribution in [3.05, 3.63) is 102 Å². The van der Waals surface area contributed by atoms with E-state index in [0.717, 1.165) is 5.56 Å². The summed E-state index contributed by atoms with van der Waals surface area (Å²) in [6.07, 6.45) is 4.05. The molecule has 0 aliphatic carbocycles. The third kappa shape index (κ3) is 6.47. The van der Waals surface area contributed by atoms with Crippen molar-refractivity contribution in [1.82, 2.24) is 0 Å². The van der Waals surface area contributed by atoms with Gasteiger partial charge in [-0.1, -0.05) is 111 Å². The molecule has 3 aromatic rings. The minimum atomic E-state index is -2.63. The van der Waals surface area contributed by atoms with Crippen molar-refractivity contribution >= 4 is 42.3 Å². The Balaban J connectivity index is 1.87. The molecule has 3 nitrogen and oxygen atoms in total. The predicted octanol–water partition coefficient (Wildman–Crippen LogP) is 6.25. The molecule has 0 bridgehead atoms. The van der Waals surface area contributed by atoms with E-state index in [1.807, 2.05) is 48.6 Å². The number of halogens is 1. The molecular formula is C29H33ClO3Si. The minimum absolute atomic E-state index is 0.105. The molecule has 0 N–H and O–H groups in total. The third-order valence-electron chi connectivity index (χ3n) is 5.83. The zero-order chi connectivity index (χ0) is 24.6. The van der Waals surface area contributed by atoms with E-state index in [1.165, 1.54) is 17.3 Å². The number of carbonyl (C=O) groups excluding carboxylic acids is 1. The molecule has 1 unspecified atom stereocenters. The van der Waals surface area contributed by atoms with Gasteiger partial charge in [0, 0.05) is 25.0 Å². The van der Waals surface area contributed by atoms with Gasteiger partial charge in [0.05, 0.1) is 0 Å². The van der Waals surface area contributed by atoms with Gasteiger partial charge in [-0.15, -0.1) is 0 Å². The molecule has 3 rings (SSSR count). The predicted molar refractivity (Wildman–Crippen MR) is 144 cm³/mol. The van der Waals surface area contributed by atoms with Crippen LogP contribution in [0, 0.1) is 0 Å². The fourth-order valence-corrected chi connectivity index (χ4v) is 9.00. The first-order valence-electron chi connectivity index (χ1n) is 11.6. The van der Waals surface area contributed by atoms with Gasteiger partial charge in [0.15, 0.2) is 0 Å². The molecule has 178 valence electrons. The van der Waals surface area contributed by atoms with Gasteiger partial charge in [0.1, 0.15) is 6.10 Å². The highest BCUT2D eigenvalue weighted by atomic mass is 35.5. The lowest BCUT2D eigenvalue weighted by Crippen LogP contribution is -2.66. The van der Waals surface area contributed by atoms with Crippen LogP contribution in [0.2, 0.25) is 10.1 Å². The summed E-state index contributed by atoms with van der Waals surface area (Å²) in [7, 11) is -2.63. The Morgan fingerprint density at radius 3 is 1.91 bits per heavy atom. The fraction of sp³-hybridized carbons (Fsp3) is 0.276. The molecular weight excluding hydrogens is 460 g/mol.